The van der Waals surface area contributed by atoms with Crippen molar-refractivity contribution >= 4 is 34.3 Å². The van der Waals surface area contributed by atoms with Crippen LogP contribution >= 0.6 is 0 Å². The van der Waals surface area contributed by atoms with Crippen LogP contribution in [0.3, 0.4) is 0 Å². The van der Waals surface area contributed by atoms with E-state index in [0.29, 0.717) is 34.8 Å². The first kappa shape index (κ1) is 20.5. The van der Waals surface area contributed by atoms with E-state index in [1.54, 1.807) is 53.4 Å². The average Bonchev–Trinajstić information content (AvgIpc) is 3.01. The van der Waals surface area contributed by atoms with Crippen molar-refractivity contribution in [3.63, 3.8) is 0 Å². The highest BCUT2D eigenvalue weighted by Crippen LogP contribution is 2.38. The number of para-hydroxylation sites is 2. The maximum Gasteiger partial charge on any atom is 0.420 e. The van der Waals surface area contributed by atoms with Gasteiger partial charge in [-0.05, 0) is 44.2 Å². The van der Waals surface area contributed by atoms with Crippen molar-refractivity contribution in [1.29, 1.82) is 0 Å². The Hall–Kier alpha value is -3.81. The average molecular weight is 421 g/mol. The summed E-state index contributed by atoms with van der Waals surface area (Å²) < 4.78 is 12.3. The number of aromatic nitrogens is 1. The number of oxazole rings is 1. The first-order valence-electron chi connectivity index (χ1n) is 9.88. The Morgan fingerprint density at radius 3 is 2.77 bits per heavy atom. The van der Waals surface area contributed by atoms with Gasteiger partial charge in [-0.3, -0.25) is 14.2 Å². The van der Waals surface area contributed by atoms with Crippen LogP contribution in [0.4, 0.5) is 11.4 Å². The van der Waals surface area contributed by atoms with Gasteiger partial charge in [0.05, 0.1) is 16.6 Å². The van der Waals surface area contributed by atoms with E-state index in [0.717, 1.165) is 0 Å². The van der Waals surface area contributed by atoms with Crippen LogP contribution in [0.1, 0.15) is 13.8 Å². The lowest BCUT2D eigenvalue weighted by Crippen LogP contribution is -2.42. The van der Waals surface area contributed by atoms with E-state index >= 15 is 0 Å². The van der Waals surface area contributed by atoms with Gasteiger partial charge >= 0.3 is 5.76 Å². The van der Waals surface area contributed by atoms with Gasteiger partial charge in [-0.2, -0.15) is 0 Å². The lowest BCUT2D eigenvalue weighted by atomic mass is 9.93. The maximum absolute atomic E-state index is 13.0. The third-order valence-corrected chi connectivity index (χ3v) is 5.13. The van der Waals surface area contributed by atoms with E-state index in [1.807, 2.05) is 13.8 Å². The molecule has 0 spiro atoms. The van der Waals surface area contributed by atoms with Gasteiger partial charge in [0, 0.05) is 12.2 Å². The lowest BCUT2D eigenvalue weighted by Gasteiger charge is -2.27. The van der Waals surface area contributed by atoms with E-state index in [4.69, 9.17) is 9.15 Å². The van der Waals surface area contributed by atoms with Crippen molar-refractivity contribution in [3.8, 4) is 5.75 Å². The Morgan fingerprint density at radius 2 is 2.00 bits per heavy atom. The highest BCUT2D eigenvalue weighted by molar-refractivity contribution is 6.01. The van der Waals surface area contributed by atoms with Crippen molar-refractivity contribution in [3.05, 3.63) is 65.7 Å². The molecular weight excluding hydrogens is 398 g/mol. The predicted octanol–water partition coefficient (Wildman–Crippen LogP) is 3.17. The van der Waals surface area contributed by atoms with Crippen LogP contribution in [0.2, 0.25) is 0 Å². The minimum Gasteiger partial charge on any atom is -0.490 e. The molecule has 160 valence electrons. The van der Waals surface area contributed by atoms with Crippen LogP contribution in [0.25, 0.3) is 11.1 Å². The molecule has 8 heteroatoms. The quantitative estimate of drug-likeness (QED) is 0.639. The number of benzene rings is 2. The van der Waals surface area contributed by atoms with E-state index < -0.39 is 17.1 Å². The smallest absolute Gasteiger partial charge is 0.420 e. The molecule has 1 N–H and O–H groups in total. The molecule has 0 fully saturated rings. The first-order valence-corrected chi connectivity index (χ1v) is 9.88. The molecule has 1 aliphatic rings. The zero-order chi connectivity index (χ0) is 22.2. The number of nitrogens with one attached hydrogen (secondary N) is 1. The summed E-state index contributed by atoms with van der Waals surface area (Å²) in [6.45, 7) is 7.75. The van der Waals surface area contributed by atoms with E-state index in [1.165, 1.54) is 4.57 Å². The minimum atomic E-state index is -0.699. The topological polar surface area (TPSA) is 93.8 Å². The van der Waals surface area contributed by atoms with Crippen molar-refractivity contribution < 1.29 is 18.7 Å². The molecule has 4 rings (SSSR count). The third kappa shape index (κ3) is 3.84. The number of rotatable bonds is 5. The largest absolute Gasteiger partial charge is 0.490 e. The molecule has 2 amide bonds. The van der Waals surface area contributed by atoms with E-state index in [-0.39, 0.29) is 19.1 Å². The van der Waals surface area contributed by atoms with E-state index in [9.17, 15) is 14.4 Å². The number of carbonyl (C=O) groups is 2. The molecule has 2 aromatic carbocycles. The van der Waals surface area contributed by atoms with E-state index in [2.05, 4.69) is 11.9 Å². The maximum atomic E-state index is 13.0. The van der Waals surface area contributed by atoms with Crippen LogP contribution in [-0.4, -0.2) is 29.5 Å². The van der Waals surface area contributed by atoms with Gasteiger partial charge in [0.1, 0.15) is 18.9 Å². The number of hydrogen-bond acceptors (Lipinski definition) is 5. The minimum absolute atomic E-state index is 0.0916. The van der Waals surface area contributed by atoms with Gasteiger partial charge < -0.3 is 19.4 Å². The fourth-order valence-electron chi connectivity index (χ4n) is 3.54. The highest BCUT2D eigenvalue weighted by Gasteiger charge is 2.37. The normalized spacial score (nSPS) is 15.2. The van der Waals surface area contributed by atoms with Gasteiger partial charge in [-0.25, -0.2) is 4.79 Å². The summed E-state index contributed by atoms with van der Waals surface area (Å²) in [7, 11) is 0. The number of anilines is 2. The number of nitrogens with zero attached hydrogens (tertiary/aromatic N) is 2. The molecule has 2 heterocycles. The second-order valence-electron chi connectivity index (χ2n) is 8.03. The monoisotopic (exact) mass is 421 g/mol. The molecule has 1 aromatic heterocycles. The summed E-state index contributed by atoms with van der Waals surface area (Å²) in [5.41, 5.74) is 1.30. The SMILES string of the molecule is C=CCN1C(=O)C(C)(C)COc2ccc(NC(=O)Cn3c(=O)oc4ccccc43)cc21. The second kappa shape index (κ2) is 7.79. The number of ether oxygens (including phenoxy) is 1. The summed E-state index contributed by atoms with van der Waals surface area (Å²) in [5.74, 6) is -0.538. The molecule has 0 bridgehead atoms. The molecule has 0 radical (unpaired) electrons. The van der Waals surface area contributed by atoms with Gasteiger partial charge in [0.25, 0.3) is 0 Å². The van der Waals surface area contributed by atoms with Crippen molar-refractivity contribution in [2.75, 3.05) is 23.4 Å². The van der Waals surface area contributed by atoms with Crippen LogP contribution < -0.4 is 20.7 Å². The number of fused-ring (bicyclic) bond motifs is 2. The summed E-state index contributed by atoms with van der Waals surface area (Å²) in [6.07, 6.45) is 1.64. The highest BCUT2D eigenvalue weighted by atomic mass is 16.5. The Labute approximate surface area is 178 Å². The predicted molar refractivity (Wildman–Crippen MR) is 117 cm³/mol. The Balaban J connectivity index is 1.60. The molecule has 8 nitrogen and oxygen atoms in total. The first-order chi connectivity index (χ1) is 14.8. The third-order valence-electron chi connectivity index (χ3n) is 5.13. The summed E-state index contributed by atoms with van der Waals surface area (Å²) in [4.78, 5) is 39.3. The molecule has 0 unspecified atom stereocenters. The zero-order valence-electron chi connectivity index (χ0n) is 17.4. The molecule has 1 aliphatic heterocycles. The Morgan fingerprint density at radius 1 is 1.23 bits per heavy atom. The van der Waals surface area contributed by atoms with Crippen LogP contribution in [0, 0.1) is 5.41 Å². The molecule has 31 heavy (non-hydrogen) atoms. The molecule has 0 atom stereocenters. The lowest BCUT2D eigenvalue weighted by molar-refractivity contribution is -0.127. The summed E-state index contributed by atoms with van der Waals surface area (Å²) in [5, 5.41) is 2.78. The molecule has 0 saturated carbocycles. The number of carbonyl (C=O) groups excluding carboxylic acids is 2. The van der Waals surface area contributed by atoms with Gasteiger partial charge in [-0.1, -0.05) is 18.2 Å². The van der Waals surface area contributed by atoms with Crippen LogP contribution in [0.15, 0.2) is 64.3 Å². The molecular formula is C23H23N3O5. The number of hydrogen-bond donors (Lipinski definition) is 1. The molecule has 3 aromatic rings. The Kier molecular flexibility index (Phi) is 5.14. The summed E-state index contributed by atoms with van der Waals surface area (Å²) in [6, 6.07) is 12.0. The van der Waals surface area contributed by atoms with Gasteiger partial charge in [-0.15, -0.1) is 6.58 Å². The van der Waals surface area contributed by atoms with Gasteiger partial charge in [0.2, 0.25) is 11.8 Å². The number of amides is 2. The summed E-state index contributed by atoms with van der Waals surface area (Å²) >= 11 is 0. The second-order valence-corrected chi connectivity index (χ2v) is 8.03. The zero-order valence-corrected chi connectivity index (χ0v) is 17.4. The molecule has 0 saturated heterocycles. The van der Waals surface area contributed by atoms with Crippen molar-refractivity contribution in [1.82, 2.24) is 4.57 Å². The standard InChI is InChI=1S/C23H23N3O5/c1-4-11-25-17-12-15(9-10-18(17)30-14-23(2,3)21(25)28)24-20(27)13-26-16-7-5-6-8-19(16)31-22(26)29/h4-10,12H,1,11,13-14H2,2-3H3,(H,24,27). The van der Waals surface area contributed by atoms with Crippen molar-refractivity contribution in [2.45, 2.75) is 20.4 Å². The Bertz CT molecular complexity index is 1240. The van der Waals surface area contributed by atoms with Crippen LogP contribution in [-0.2, 0) is 16.1 Å². The van der Waals surface area contributed by atoms with Crippen molar-refractivity contribution in [2.24, 2.45) is 5.41 Å². The molecule has 0 aliphatic carbocycles. The van der Waals surface area contributed by atoms with Crippen LogP contribution in [0.5, 0.6) is 5.75 Å². The fourth-order valence-corrected chi connectivity index (χ4v) is 3.54. The fraction of sp³-hybridized carbons (Fsp3) is 0.261. The van der Waals surface area contributed by atoms with Gasteiger partial charge in [0.15, 0.2) is 5.58 Å².